The van der Waals surface area contributed by atoms with Crippen molar-refractivity contribution >= 4 is 35.2 Å². The molecule has 0 saturated carbocycles. The summed E-state index contributed by atoms with van der Waals surface area (Å²) in [5.41, 5.74) is 7.83. The molecule has 1 amide bonds. The Morgan fingerprint density at radius 3 is 2.81 bits per heavy atom. The second kappa shape index (κ2) is 7.66. The van der Waals surface area contributed by atoms with E-state index in [4.69, 9.17) is 5.73 Å². The first-order valence-electron chi connectivity index (χ1n) is 6.27. The molecule has 4 N–H and O–H groups in total. The van der Waals surface area contributed by atoms with Crippen molar-refractivity contribution in [2.75, 3.05) is 13.7 Å². The summed E-state index contributed by atoms with van der Waals surface area (Å²) in [6.45, 7) is -0.170. The van der Waals surface area contributed by atoms with Gasteiger partial charge in [0.05, 0.1) is 13.2 Å². The van der Waals surface area contributed by atoms with Crippen LogP contribution in [-0.2, 0) is 20.7 Å². The summed E-state index contributed by atoms with van der Waals surface area (Å²) in [6.07, 6.45) is 2.25. The molecule has 1 atom stereocenters. The van der Waals surface area contributed by atoms with Crippen LogP contribution >= 0.6 is 12.4 Å². The molecular formula is C14H18ClN3O3. The largest absolute Gasteiger partial charge is 0.468 e. The number of rotatable bonds is 5. The minimum atomic E-state index is -0.709. The number of amides is 1. The number of hydrogen-bond acceptors (Lipinski definition) is 4. The second-order valence-corrected chi connectivity index (χ2v) is 4.46. The molecule has 0 fully saturated rings. The Kier molecular flexibility index (Phi) is 6.20. The molecule has 114 valence electrons. The standard InChI is InChI=1S/C14H17N3O3.ClH/c1-20-13(18)8-17-14(19)11(15)6-9-7-16-12-5-3-2-4-10(9)12;/h2-5,7,11,16H,6,8,15H2,1H3,(H,17,19);1H/t11-;/m0./s1. The quantitative estimate of drug-likeness (QED) is 0.710. The summed E-state index contributed by atoms with van der Waals surface area (Å²) >= 11 is 0. The number of esters is 1. The van der Waals surface area contributed by atoms with Crippen LogP contribution in [0.25, 0.3) is 10.9 Å². The number of halogens is 1. The molecule has 6 nitrogen and oxygen atoms in total. The van der Waals surface area contributed by atoms with Crippen molar-refractivity contribution in [3.8, 4) is 0 Å². The van der Waals surface area contributed by atoms with Crippen molar-refractivity contribution in [3.05, 3.63) is 36.0 Å². The Morgan fingerprint density at radius 2 is 2.10 bits per heavy atom. The summed E-state index contributed by atoms with van der Waals surface area (Å²) in [7, 11) is 1.26. The summed E-state index contributed by atoms with van der Waals surface area (Å²) in [4.78, 5) is 25.8. The van der Waals surface area contributed by atoms with Crippen molar-refractivity contribution in [1.82, 2.24) is 10.3 Å². The third-order valence-electron chi connectivity index (χ3n) is 3.09. The van der Waals surface area contributed by atoms with E-state index in [9.17, 15) is 9.59 Å². The number of aromatic nitrogens is 1. The number of nitrogens with one attached hydrogen (secondary N) is 2. The minimum absolute atomic E-state index is 0. The van der Waals surface area contributed by atoms with Gasteiger partial charge in [0.15, 0.2) is 0 Å². The lowest BCUT2D eigenvalue weighted by Gasteiger charge is -2.11. The van der Waals surface area contributed by atoms with E-state index < -0.39 is 12.0 Å². The molecule has 0 bridgehead atoms. The summed E-state index contributed by atoms with van der Waals surface area (Å²) < 4.78 is 4.44. The molecule has 21 heavy (non-hydrogen) atoms. The van der Waals surface area contributed by atoms with Crippen molar-refractivity contribution in [3.63, 3.8) is 0 Å². The number of carbonyl (C=O) groups is 2. The maximum Gasteiger partial charge on any atom is 0.325 e. The van der Waals surface area contributed by atoms with Crippen molar-refractivity contribution in [2.45, 2.75) is 12.5 Å². The van der Waals surface area contributed by atoms with Crippen LogP contribution in [0.2, 0.25) is 0 Å². The van der Waals surface area contributed by atoms with Crippen molar-refractivity contribution < 1.29 is 14.3 Å². The number of nitrogens with two attached hydrogens (primary N) is 1. The van der Waals surface area contributed by atoms with E-state index in [0.29, 0.717) is 6.42 Å². The first kappa shape index (κ1) is 17.0. The third kappa shape index (κ3) is 4.21. The monoisotopic (exact) mass is 311 g/mol. The lowest BCUT2D eigenvalue weighted by Crippen LogP contribution is -2.44. The molecule has 0 aliphatic rings. The third-order valence-corrected chi connectivity index (χ3v) is 3.09. The molecule has 0 aliphatic heterocycles. The Balaban J connectivity index is 0.00000220. The average Bonchev–Trinajstić information content (AvgIpc) is 2.87. The van der Waals surface area contributed by atoms with Crippen LogP contribution in [0.15, 0.2) is 30.5 Å². The highest BCUT2D eigenvalue weighted by atomic mass is 35.5. The van der Waals surface area contributed by atoms with E-state index in [2.05, 4.69) is 15.0 Å². The van der Waals surface area contributed by atoms with E-state index in [1.807, 2.05) is 30.5 Å². The molecule has 1 aromatic carbocycles. The highest BCUT2D eigenvalue weighted by molar-refractivity contribution is 5.87. The van der Waals surface area contributed by atoms with Gasteiger partial charge in [0.25, 0.3) is 0 Å². The Morgan fingerprint density at radius 1 is 1.38 bits per heavy atom. The van der Waals surface area contributed by atoms with Gasteiger partial charge in [0.2, 0.25) is 5.91 Å². The van der Waals surface area contributed by atoms with Crippen LogP contribution in [0.4, 0.5) is 0 Å². The zero-order valence-electron chi connectivity index (χ0n) is 11.6. The molecule has 7 heteroatoms. The van der Waals surface area contributed by atoms with Gasteiger partial charge in [-0.25, -0.2) is 0 Å². The fourth-order valence-corrected chi connectivity index (χ4v) is 1.99. The number of fused-ring (bicyclic) bond motifs is 1. The highest BCUT2D eigenvalue weighted by Crippen LogP contribution is 2.18. The molecule has 0 unspecified atom stereocenters. The maximum atomic E-state index is 11.8. The normalized spacial score (nSPS) is 11.5. The minimum Gasteiger partial charge on any atom is -0.468 e. The van der Waals surface area contributed by atoms with Crippen LogP contribution in [0.3, 0.4) is 0 Å². The van der Waals surface area contributed by atoms with Gasteiger partial charge in [-0.05, 0) is 18.1 Å². The van der Waals surface area contributed by atoms with Crippen LogP contribution in [0.1, 0.15) is 5.56 Å². The molecule has 0 radical (unpaired) electrons. The van der Waals surface area contributed by atoms with E-state index in [1.54, 1.807) is 0 Å². The first-order valence-corrected chi connectivity index (χ1v) is 6.27. The van der Waals surface area contributed by atoms with Gasteiger partial charge in [-0.2, -0.15) is 0 Å². The number of H-pyrrole nitrogens is 1. The SMILES string of the molecule is COC(=O)CNC(=O)[C@@H](N)Cc1c[nH]c2ccccc12.Cl. The number of aromatic amines is 1. The van der Waals surface area contributed by atoms with Gasteiger partial charge in [-0.15, -0.1) is 12.4 Å². The van der Waals surface area contributed by atoms with Gasteiger partial charge in [-0.1, -0.05) is 18.2 Å². The van der Waals surface area contributed by atoms with E-state index in [1.165, 1.54) is 7.11 Å². The van der Waals surface area contributed by atoms with Crippen molar-refractivity contribution in [1.29, 1.82) is 0 Å². The Bertz CT molecular complexity index is 627. The number of hydrogen-bond donors (Lipinski definition) is 3. The van der Waals surface area contributed by atoms with E-state index >= 15 is 0 Å². The maximum absolute atomic E-state index is 11.8. The number of methoxy groups -OCH3 is 1. The van der Waals surface area contributed by atoms with Gasteiger partial charge < -0.3 is 20.8 Å². The Hall–Kier alpha value is -2.05. The van der Waals surface area contributed by atoms with Crippen LogP contribution in [0.5, 0.6) is 0 Å². The van der Waals surface area contributed by atoms with E-state index in [-0.39, 0.29) is 24.9 Å². The van der Waals surface area contributed by atoms with Crippen LogP contribution < -0.4 is 11.1 Å². The summed E-state index contributed by atoms with van der Waals surface area (Å²) in [5, 5.41) is 3.49. The predicted molar refractivity (Wildman–Crippen MR) is 82.3 cm³/mol. The number of ether oxygens (including phenoxy) is 1. The van der Waals surface area contributed by atoms with Gasteiger partial charge in [0.1, 0.15) is 6.54 Å². The molecular weight excluding hydrogens is 294 g/mol. The topological polar surface area (TPSA) is 97.2 Å². The second-order valence-electron chi connectivity index (χ2n) is 4.46. The zero-order valence-corrected chi connectivity index (χ0v) is 12.4. The summed E-state index contributed by atoms with van der Waals surface area (Å²) in [5.74, 6) is -0.877. The fourth-order valence-electron chi connectivity index (χ4n) is 1.99. The molecule has 2 aromatic rings. The number of para-hydroxylation sites is 1. The molecule has 1 aromatic heterocycles. The zero-order chi connectivity index (χ0) is 14.5. The van der Waals surface area contributed by atoms with Gasteiger partial charge in [0, 0.05) is 17.1 Å². The number of benzene rings is 1. The lowest BCUT2D eigenvalue weighted by atomic mass is 10.1. The molecule has 2 rings (SSSR count). The lowest BCUT2D eigenvalue weighted by molar-refractivity contribution is -0.141. The number of carbonyl (C=O) groups excluding carboxylic acids is 2. The fraction of sp³-hybridized carbons (Fsp3) is 0.286. The molecule has 1 heterocycles. The van der Waals surface area contributed by atoms with Crippen LogP contribution in [-0.4, -0.2) is 36.6 Å². The highest BCUT2D eigenvalue weighted by Gasteiger charge is 2.16. The Labute approximate surface area is 128 Å². The predicted octanol–water partition coefficient (Wildman–Crippen LogP) is 0.749. The smallest absolute Gasteiger partial charge is 0.325 e. The summed E-state index contributed by atoms with van der Waals surface area (Å²) in [6, 6.07) is 7.09. The molecule has 0 spiro atoms. The van der Waals surface area contributed by atoms with Gasteiger partial charge in [-0.3, -0.25) is 9.59 Å². The van der Waals surface area contributed by atoms with Gasteiger partial charge >= 0.3 is 5.97 Å². The van der Waals surface area contributed by atoms with E-state index in [0.717, 1.165) is 16.5 Å². The molecule has 0 aliphatic carbocycles. The molecule has 0 saturated heterocycles. The van der Waals surface area contributed by atoms with Crippen molar-refractivity contribution in [2.24, 2.45) is 5.73 Å². The van der Waals surface area contributed by atoms with Crippen LogP contribution in [0, 0.1) is 0 Å². The average molecular weight is 312 g/mol. The first-order chi connectivity index (χ1) is 9.61.